The number of anilines is 2. The van der Waals surface area contributed by atoms with Gasteiger partial charge in [-0.2, -0.15) is 0 Å². The van der Waals surface area contributed by atoms with Gasteiger partial charge in [-0.25, -0.2) is 9.37 Å². The van der Waals surface area contributed by atoms with Crippen LogP contribution in [0.3, 0.4) is 0 Å². The number of nitrogens with zero attached hydrogens (tertiary/aromatic N) is 1. The Bertz CT molecular complexity index is 578. The number of para-hydroxylation sites is 1. The third-order valence-corrected chi connectivity index (χ3v) is 2.69. The molecular formula is C13H12FN3S. The van der Waals surface area contributed by atoms with Gasteiger partial charge in [-0.3, -0.25) is 0 Å². The molecule has 0 aliphatic carbocycles. The minimum Gasteiger partial charge on any atom is -0.388 e. The summed E-state index contributed by atoms with van der Waals surface area (Å²) in [6.45, 7) is 1.82. The summed E-state index contributed by atoms with van der Waals surface area (Å²) < 4.78 is 13.7. The van der Waals surface area contributed by atoms with E-state index in [9.17, 15) is 4.39 Å². The average molecular weight is 261 g/mol. The van der Waals surface area contributed by atoms with Gasteiger partial charge in [0.1, 0.15) is 16.6 Å². The molecule has 92 valence electrons. The Morgan fingerprint density at radius 1 is 1.28 bits per heavy atom. The van der Waals surface area contributed by atoms with Gasteiger partial charge in [0, 0.05) is 0 Å². The van der Waals surface area contributed by atoms with Gasteiger partial charge in [-0.15, -0.1) is 0 Å². The second-order valence-electron chi connectivity index (χ2n) is 3.83. The van der Waals surface area contributed by atoms with Crippen LogP contribution >= 0.6 is 12.2 Å². The maximum atomic E-state index is 13.7. The van der Waals surface area contributed by atoms with Crippen molar-refractivity contribution in [1.82, 2.24) is 4.98 Å². The highest BCUT2D eigenvalue weighted by molar-refractivity contribution is 7.80. The lowest BCUT2D eigenvalue weighted by atomic mass is 10.2. The molecular weight excluding hydrogens is 249 g/mol. The molecule has 0 bridgehead atoms. The molecule has 3 N–H and O–H groups in total. The molecule has 1 heterocycles. The number of pyridine rings is 1. The van der Waals surface area contributed by atoms with E-state index in [-0.39, 0.29) is 10.8 Å². The molecule has 0 radical (unpaired) electrons. The van der Waals surface area contributed by atoms with Crippen LogP contribution in [0.15, 0.2) is 36.4 Å². The van der Waals surface area contributed by atoms with E-state index in [1.807, 2.05) is 13.0 Å². The first-order valence-corrected chi connectivity index (χ1v) is 5.78. The molecule has 18 heavy (non-hydrogen) atoms. The maximum absolute atomic E-state index is 13.7. The van der Waals surface area contributed by atoms with Crippen LogP contribution in [-0.2, 0) is 0 Å². The lowest BCUT2D eigenvalue weighted by molar-refractivity contribution is 0.631. The molecule has 1 aromatic heterocycles. The van der Waals surface area contributed by atoms with E-state index in [2.05, 4.69) is 10.3 Å². The number of hydrogen-bond acceptors (Lipinski definition) is 3. The van der Waals surface area contributed by atoms with Gasteiger partial charge in [0.05, 0.1) is 11.4 Å². The number of thiocarbonyl (C=S) groups is 1. The van der Waals surface area contributed by atoms with Crippen molar-refractivity contribution >= 4 is 28.7 Å². The van der Waals surface area contributed by atoms with E-state index in [1.165, 1.54) is 6.07 Å². The van der Waals surface area contributed by atoms with Crippen molar-refractivity contribution in [3.8, 4) is 0 Å². The number of halogens is 1. The summed E-state index contributed by atoms with van der Waals surface area (Å²) in [4.78, 5) is 4.42. The van der Waals surface area contributed by atoms with Crippen LogP contribution in [0.1, 0.15) is 11.3 Å². The van der Waals surface area contributed by atoms with Crippen LogP contribution in [0.4, 0.5) is 15.9 Å². The van der Waals surface area contributed by atoms with Crippen LogP contribution in [-0.4, -0.2) is 9.97 Å². The summed E-state index contributed by atoms with van der Waals surface area (Å²) in [7, 11) is 0. The van der Waals surface area contributed by atoms with Gasteiger partial charge in [0.2, 0.25) is 0 Å². The average Bonchev–Trinajstić information content (AvgIpc) is 2.34. The van der Waals surface area contributed by atoms with Crippen LogP contribution in [0, 0.1) is 12.7 Å². The standard InChI is InChI=1S/C13H12FN3S/c1-8-4-2-5-9(14)12(8)17-11-7-3-6-10(16-11)13(15)18/h2-7H,1H3,(H2,15,18)(H,16,17). The number of aryl methyl sites for hydroxylation is 1. The molecule has 0 aliphatic rings. The molecule has 0 amide bonds. The van der Waals surface area contributed by atoms with Crippen LogP contribution in [0.5, 0.6) is 0 Å². The van der Waals surface area contributed by atoms with Crippen molar-refractivity contribution in [3.05, 3.63) is 53.5 Å². The molecule has 0 spiro atoms. The number of hydrogen-bond donors (Lipinski definition) is 2. The zero-order valence-electron chi connectivity index (χ0n) is 9.77. The van der Waals surface area contributed by atoms with Gasteiger partial charge in [-0.1, -0.05) is 30.4 Å². The summed E-state index contributed by atoms with van der Waals surface area (Å²) in [5, 5.41) is 2.93. The van der Waals surface area contributed by atoms with Crippen molar-refractivity contribution in [2.45, 2.75) is 6.92 Å². The highest BCUT2D eigenvalue weighted by Crippen LogP contribution is 2.22. The monoisotopic (exact) mass is 261 g/mol. The van der Waals surface area contributed by atoms with Crippen LogP contribution in [0.25, 0.3) is 0 Å². The molecule has 2 aromatic rings. The fourth-order valence-corrected chi connectivity index (χ4v) is 1.67. The van der Waals surface area contributed by atoms with Gasteiger partial charge < -0.3 is 11.1 Å². The third-order valence-electron chi connectivity index (χ3n) is 2.48. The van der Waals surface area contributed by atoms with E-state index in [1.54, 1.807) is 24.3 Å². The first-order valence-electron chi connectivity index (χ1n) is 5.37. The zero-order valence-corrected chi connectivity index (χ0v) is 10.6. The van der Waals surface area contributed by atoms with E-state index in [0.717, 1.165) is 5.56 Å². The molecule has 3 nitrogen and oxygen atoms in total. The van der Waals surface area contributed by atoms with Gasteiger partial charge in [0.15, 0.2) is 0 Å². The van der Waals surface area contributed by atoms with Crippen molar-refractivity contribution in [1.29, 1.82) is 0 Å². The van der Waals surface area contributed by atoms with Crippen LogP contribution < -0.4 is 11.1 Å². The molecule has 0 aliphatic heterocycles. The Hall–Kier alpha value is -2.01. The van der Waals surface area contributed by atoms with Crippen molar-refractivity contribution in [2.75, 3.05) is 5.32 Å². The second-order valence-corrected chi connectivity index (χ2v) is 4.27. The minimum absolute atomic E-state index is 0.212. The van der Waals surface area contributed by atoms with Crippen LogP contribution in [0.2, 0.25) is 0 Å². The fraction of sp³-hybridized carbons (Fsp3) is 0.0769. The van der Waals surface area contributed by atoms with Crippen molar-refractivity contribution in [2.24, 2.45) is 5.73 Å². The van der Waals surface area contributed by atoms with E-state index < -0.39 is 0 Å². The minimum atomic E-state index is -0.322. The first-order chi connectivity index (χ1) is 8.58. The molecule has 0 unspecified atom stereocenters. The highest BCUT2D eigenvalue weighted by Gasteiger charge is 2.07. The van der Waals surface area contributed by atoms with Gasteiger partial charge in [0.25, 0.3) is 0 Å². The van der Waals surface area contributed by atoms with E-state index in [0.29, 0.717) is 17.2 Å². The summed E-state index contributed by atoms with van der Waals surface area (Å²) in [5.74, 6) is 0.186. The Balaban J connectivity index is 2.34. The summed E-state index contributed by atoms with van der Waals surface area (Å²) in [5.41, 5.74) is 7.22. The first kappa shape index (κ1) is 12.4. The fourth-order valence-electron chi connectivity index (χ4n) is 1.56. The van der Waals surface area contributed by atoms with Crippen molar-refractivity contribution in [3.63, 3.8) is 0 Å². The number of nitrogens with one attached hydrogen (secondary N) is 1. The predicted molar refractivity (Wildman–Crippen MR) is 74.5 cm³/mol. The summed E-state index contributed by atoms with van der Waals surface area (Å²) in [6, 6.07) is 10.1. The number of aromatic nitrogens is 1. The number of rotatable bonds is 3. The largest absolute Gasteiger partial charge is 0.388 e. The molecule has 0 fully saturated rings. The molecule has 0 saturated carbocycles. The number of nitrogens with two attached hydrogens (primary N) is 1. The quantitative estimate of drug-likeness (QED) is 0.834. The number of benzene rings is 1. The molecule has 1 aromatic carbocycles. The summed E-state index contributed by atoms with van der Waals surface area (Å²) in [6.07, 6.45) is 0. The maximum Gasteiger partial charge on any atom is 0.146 e. The molecule has 5 heteroatoms. The lowest BCUT2D eigenvalue weighted by Crippen LogP contribution is -2.12. The van der Waals surface area contributed by atoms with E-state index in [4.69, 9.17) is 18.0 Å². The third kappa shape index (κ3) is 2.62. The SMILES string of the molecule is Cc1cccc(F)c1Nc1cccc(C(N)=S)n1. The van der Waals surface area contributed by atoms with Crippen molar-refractivity contribution < 1.29 is 4.39 Å². The van der Waals surface area contributed by atoms with Gasteiger partial charge in [-0.05, 0) is 30.7 Å². The van der Waals surface area contributed by atoms with E-state index >= 15 is 0 Å². The second kappa shape index (κ2) is 5.10. The molecule has 2 rings (SSSR count). The molecule has 0 saturated heterocycles. The smallest absolute Gasteiger partial charge is 0.146 e. The Labute approximate surface area is 110 Å². The Kier molecular flexibility index (Phi) is 3.53. The lowest BCUT2D eigenvalue weighted by Gasteiger charge is -2.10. The Morgan fingerprint density at radius 2 is 2.00 bits per heavy atom. The predicted octanol–water partition coefficient (Wildman–Crippen LogP) is 2.91. The topological polar surface area (TPSA) is 50.9 Å². The zero-order chi connectivity index (χ0) is 13.1. The normalized spacial score (nSPS) is 10.1. The Morgan fingerprint density at radius 3 is 2.67 bits per heavy atom. The molecule has 0 atom stereocenters. The van der Waals surface area contributed by atoms with Gasteiger partial charge >= 0.3 is 0 Å². The summed E-state index contributed by atoms with van der Waals surface area (Å²) >= 11 is 4.85. The highest BCUT2D eigenvalue weighted by atomic mass is 32.1.